The molecule has 1 aliphatic carbocycles. The molecule has 16 heteroatoms. The van der Waals surface area contributed by atoms with Gasteiger partial charge in [0, 0.05) is 6.08 Å². The highest BCUT2D eigenvalue weighted by molar-refractivity contribution is 6.50. The zero-order valence-electron chi connectivity index (χ0n) is 18.6. The molecule has 2 unspecified atom stereocenters. The number of halogens is 8. The second-order valence-corrected chi connectivity index (χ2v) is 7.20. The van der Waals surface area contributed by atoms with Crippen molar-refractivity contribution in [2.24, 2.45) is 0 Å². The summed E-state index contributed by atoms with van der Waals surface area (Å²) in [5.74, 6) is 0.714. The third-order valence-electron chi connectivity index (χ3n) is 3.53. The second-order valence-electron chi connectivity index (χ2n) is 7.20. The van der Waals surface area contributed by atoms with Gasteiger partial charge in [-0.15, -0.1) is 0 Å². The average molecular weight is 500 g/mol. The van der Waals surface area contributed by atoms with Crippen LogP contribution in [0.5, 0.6) is 5.75 Å². The molecule has 0 bridgehead atoms. The van der Waals surface area contributed by atoms with E-state index >= 15 is 0 Å². The van der Waals surface area contributed by atoms with Gasteiger partial charge in [-0.1, -0.05) is 18.2 Å². The highest BCUT2D eigenvalue weighted by atomic mass is 19.5. The number of hydrogen-bond donors (Lipinski definition) is 0. The molecule has 0 aromatic heterocycles. The summed E-state index contributed by atoms with van der Waals surface area (Å²) < 4.78 is 89.5. The Morgan fingerprint density at radius 1 is 0.912 bits per heavy atom. The molecule has 0 saturated carbocycles. The molecule has 188 valence electrons. The van der Waals surface area contributed by atoms with E-state index in [-0.39, 0.29) is 12.2 Å². The van der Waals surface area contributed by atoms with Crippen molar-refractivity contribution in [2.45, 2.75) is 51.7 Å². The molecule has 0 saturated heterocycles. The predicted octanol–water partition coefficient (Wildman–Crippen LogP) is 7.22. The molecule has 1 aromatic rings. The molecular weight excluding hydrogens is 478 g/mol. The maximum Gasteiger partial charge on any atom is 0.673 e. The number of allylic oxidation sites excluding steroid dienone is 2. The van der Waals surface area contributed by atoms with Gasteiger partial charge in [0.1, 0.15) is 10.7 Å². The molecule has 0 amide bonds. The van der Waals surface area contributed by atoms with Crippen molar-refractivity contribution in [1.29, 1.82) is 10.8 Å². The van der Waals surface area contributed by atoms with Crippen LogP contribution >= 0.6 is 0 Å². The van der Waals surface area contributed by atoms with Gasteiger partial charge in [0.15, 0.2) is 4.98 Å². The molecule has 0 aliphatic heterocycles. The maximum absolute atomic E-state index is 9.75. The number of diazo groups is 2. The second kappa shape index (κ2) is 12.9. The van der Waals surface area contributed by atoms with Gasteiger partial charge in [-0.05, 0) is 51.5 Å². The first kappa shape index (κ1) is 30.9. The Hall–Kier alpha value is -3.13. The summed E-state index contributed by atoms with van der Waals surface area (Å²) in [4.78, 5) is 6.82. The Labute approximate surface area is 191 Å². The summed E-state index contributed by atoms with van der Waals surface area (Å²) in [6, 6.07) is 6.59. The van der Waals surface area contributed by atoms with Gasteiger partial charge in [0.2, 0.25) is 10.8 Å². The Kier molecular flexibility index (Phi) is 11.7. The van der Waals surface area contributed by atoms with Crippen molar-refractivity contribution in [3.63, 3.8) is 0 Å². The van der Waals surface area contributed by atoms with E-state index in [1.54, 1.807) is 12.2 Å². The van der Waals surface area contributed by atoms with E-state index < -0.39 is 26.3 Å². The van der Waals surface area contributed by atoms with Crippen LogP contribution in [-0.2, 0) is 4.74 Å². The third kappa shape index (κ3) is 12.8. The van der Waals surface area contributed by atoms with Gasteiger partial charge in [0.25, 0.3) is 0 Å². The lowest BCUT2D eigenvalue weighted by Gasteiger charge is -2.18. The standard InChI is InChI=1S/C18H22N4O2.2BF4/c1-12(2)23-15-8-5-7-14(11-15)16-9-6-10-18(22-20,17(16)21-19)24-13(3)4;2*2-1(3,4)5/h5-13,17H,1-4H3;;/q+2;2*-1. The maximum atomic E-state index is 9.75. The van der Waals surface area contributed by atoms with E-state index in [4.69, 9.17) is 9.47 Å². The summed E-state index contributed by atoms with van der Waals surface area (Å²) in [7, 11) is -12.0. The van der Waals surface area contributed by atoms with Crippen LogP contribution in [0.15, 0.2) is 42.5 Å². The van der Waals surface area contributed by atoms with Gasteiger partial charge in [-0.2, -0.15) is 0 Å². The first-order valence-corrected chi connectivity index (χ1v) is 9.71. The van der Waals surface area contributed by atoms with Crippen LogP contribution in [0.4, 0.5) is 34.5 Å². The third-order valence-corrected chi connectivity index (χ3v) is 3.53. The van der Waals surface area contributed by atoms with E-state index in [0.29, 0.717) is 11.3 Å². The van der Waals surface area contributed by atoms with Crippen molar-refractivity contribution >= 4 is 20.1 Å². The monoisotopic (exact) mass is 500 g/mol. The predicted molar refractivity (Wildman–Crippen MR) is 113 cm³/mol. The Bertz CT molecular complexity index is 916. The molecule has 34 heavy (non-hydrogen) atoms. The summed E-state index contributed by atoms with van der Waals surface area (Å²) in [5.41, 5.74) is 0.0235. The van der Waals surface area contributed by atoms with Crippen LogP contribution < -0.4 is 4.74 Å². The fourth-order valence-electron chi connectivity index (χ4n) is 2.71. The molecular formula is C18H22B2F8N4O2. The largest absolute Gasteiger partial charge is 0.673 e. The van der Waals surface area contributed by atoms with Crippen molar-refractivity contribution in [1.82, 2.24) is 0 Å². The van der Waals surface area contributed by atoms with E-state index in [9.17, 15) is 45.3 Å². The smallest absolute Gasteiger partial charge is 0.491 e. The Morgan fingerprint density at radius 2 is 1.44 bits per heavy atom. The molecule has 0 radical (unpaired) electrons. The van der Waals surface area contributed by atoms with E-state index in [1.165, 1.54) is 0 Å². The van der Waals surface area contributed by atoms with Crippen molar-refractivity contribution in [3.05, 3.63) is 58.0 Å². The fourth-order valence-corrected chi connectivity index (χ4v) is 2.71. The molecule has 0 heterocycles. The van der Waals surface area contributed by atoms with E-state index in [2.05, 4.69) is 9.95 Å². The zero-order chi connectivity index (χ0) is 26.7. The topological polar surface area (TPSA) is 74.8 Å². The van der Waals surface area contributed by atoms with Gasteiger partial charge in [-0.3, -0.25) is 4.74 Å². The Balaban J connectivity index is 0.000000916. The van der Waals surface area contributed by atoms with Gasteiger partial charge < -0.3 is 39.3 Å². The molecule has 0 spiro atoms. The lowest BCUT2D eigenvalue weighted by Crippen LogP contribution is -2.42. The zero-order valence-corrected chi connectivity index (χ0v) is 18.6. The van der Waals surface area contributed by atoms with Crippen LogP contribution in [0, 0.1) is 10.8 Å². The van der Waals surface area contributed by atoms with Crippen LogP contribution in [0.2, 0.25) is 0 Å². The molecule has 2 atom stereocenters. The van der Waals surface area contributed by atoms with Crippen molar-refractivity contribution in [3.8, 4) is 5.75 Å². The number of hydrogen-bond acceptors (Lipinski definition) is 4. The van der Waals surface area contributed by atoms with Crippen LogP contribution in [0.1, 0.15) is 33.3 Å². The van der Waals surface area contributed by atoms with E-state index in [1.807, 2.05) is 58.0 Å². The molecule has 1 aromatic carbocycles. The highest BCUT2D eigenvalue weighted by Gasteiger charge is 2.65. The first-order chi connectivity index (χ1) is 15.4. The Morgan fingerprint density at radius 3 is 1.85 bits per heavy atom. The number of nitrogens with zero attached hydrogens (tertiary/aromatic N) is 4. The summed E-state index contributed by atoms with van der Waals surface area (Å²) >= 11 is 0. The number of benzene rings is 1. The minimum absolute atomic E-state index is 0.0506. The number of ether oxygens (including phenoxy) is 2. The van der Waals surface area contributed by atoms with Crippen molar-refractivity contribution in [2.75, 3.05) is 0 Å². The molecule has 0 N–H and O–H groups in total. The summed E-state index contributed by atoms with van der Waals surface area (Å²) in [5, 5.41) is 19.1. The quantitative estimate of drug-likeness (QED) is 0.243. The lowest BCUT2D eigenvalue weighted by atomic mass is 9.87. The van der Waals surface area contributed by atoms with Gasteiger partial charge in [-0.25, -0.2) is 0 Å². The minimum atomic E-state index is -6.00. The minimum Gasteiger partial charge on any atom is -0.491 e. The normalized spacial score (nSPS) is 19.6. The van der Waals surface area contributed by atoms with Crippen LogP contribution in [0.25, 0.3) is 15.5 Å². The highest BCUT2D eigenvalue weighted by Crippen LogP contribution is 2.38. The molecule has 2 rings (SSSR count). The van der Waals surface area contributed by atoms with E-state index in [0.717, 1.165) is 5.56 Å². The summed E-state index contributed by atoms with van der Waals surface area (Å²) in [6.45, 7) is 7.55. The number of rotatable bonds is 5. The molecule has 6 nitrogen and oxygen atoms in total. The van der Waals surface area contributed by atoms with Crippen molar-refractivity contribution < 1.29 is 44.0 Å². The van der Waals surface area contributed by atoms with Crippen LogP contribution in [-0.4, -0.2) is 38.5 Å². The fraction of sp³-hybridized carbons (Fsp3) is 0.444. The molecule has 0 fully saturated rings. The SMILES string of the molecule is CC(C)Oc1cccc(C2=CC=CC([N+]#N)(OC(C)C)C2[N+]#N)c1.F[B-](F)(F)F.F[B-](F)(F)F. The summed E-state index contributed by atoms with van der Waals surface area (Å²) in [6.07, 6.45) is 4.95. The molecule has 1 aliphatic rings. The first-order valence-electron chi connectivity index (χ1n) is 9.71. The van der Waals surface area contributed by atoms with Gasteiger partial charge in [0.05, 0.1) is 17.8 Å². The average Bonchev–Trinajstić information content (AvgIpc) is 2.64. The van der Waals surface area contributed by atoms with Gasteiger partial charge >= 0.3 is 26.3 Å². The lowest BCUT2D eigenvalue weighted by molar-refractivity contribution is -0.0195. The van der Waals surface area contributed by atoms with Crippen LogP contribution in [0.3, 0.4) is 0 Å².